The summed E-state index contributed by atoms with van der Waals surface area (Å²) in [5.41, 5.74) is 4.48. The smallest absolute Gasteiger partial charge is 0.258 e. The van der Waals surface area contributed by atoms with Gasteiger partial charge in [-0.15, -0.1) is 0 Å². The summed E-state index contributed by atoms with van der Waals surface area (Å²) < 4.78 is 5.49. The van der Waals surface area contributed by atoms with E-state index >= 15 is 0 Å². The Kier molecular flexibility index (Phi) is 6.26. The van der Waals surface area contributed by atoms with E-state index in [4.69, 9.17) is 4.74 Å². The molecule has 2 aromatic rings. The SMILES string of the molecule is C=CC(=O)Nc1ccc(C(=O)N(c2ccc(C)c(C)c2)C2CCOCC2)cc1. The lowest BCUT2D eigenvalue weighted by Gasteiger charge is -2.35. The molecule has 0 aliphatic carbocycles. The average Bonchev–Trinajstić information content (AvgIpc) is 2.72. The third-order valence-corrected chi connectivity index (χ3v) is 5.13. The van der Waals surface area contributed by atoms with Crippen LogP contribution in [0.4, 0.5) is 11.4 Å². The van der Waals surface area contributed by atoms with E-state index in [-0.39, 0.29) is 17.9 Å². The molecule has 1 aliphatic rings. The first-order chi connectivity index (χ1) is 13.5. The van der Waals surface area contributed by atoms with Gasteiger partial charge in [0.2, 0.25) is 5.91 Å². The predicted octanol–water partition coefficient (Wildman–Crippen LogP) is 4.25. The molecule has 1 fully saturated rings. The molecule has 1 aliphatic heterocycles. The van der Waals surface area contributed by atoms with Gasteiger partial charge in [0.1, 0.15) is 0 Å². The molecule has 0 aromatic heterocycles. The van der Waals surface area contributed by atoms with Gasteiger partial charge in [-0.3, -0.25) is 9.59 Å². The minimum Gasteiger partial charge on any atom is -0.381 e. The van der Waals surface area contributed by atoms with Crippen molar-refractivity contribution in [3.05, 3.63) is 71.8 Å². The number of hydrogen-bond acceptors (Lipinski definition) is 3. The molecule has 5 heteroatoms. The number of anilines is 2. The lowest BCUT2D eigenvalue weighted by atomic mass is 10.0. The molecule has 0 spiro atoms. The highest BCUT2D eigenvalue weighted by Crippen LogP contribution is 2.27. The number of nitrogens with zero attached hydrogens (tertiary/aromatic N) is 1. The molecule has 0 atom stereocenters. The second kappa shape index (κ2) is 8.85. The number of rotatable bonds is 5. The van der Waals surface area contributed by atoms with Crippen LogP contribution < -0.4 is 10.2 Å². The van der Waals surface area contributed by atoms with Crippen LogP contribution in [0.5, 0.6) is 0 Å². The Hall–Kier alpha value is -2.92. The summed E-state index contributed by atoms with van der Waals surface area (Å²) in [4.78, 5) is 26.8. The summed E-state index contributed by atoms with van der Waals surface area (Å²) in [6.45, 7) is 8.88. The van der Waals surface area contributed by atoms with Crippen LogP contribution in [0.25, 0.3) is 0 Å². The highest BCUT2D eigenvalue weighted by molar-refractivity contribution is 6.07. The zero-order valence-corrected chi connectivity index (χ0v) is 16.4. The number of carbonyl (C=O) groups is 2. The zero-order chi connectivity index (χ0) is 20.1. The molecule has 0 bridgehead atoms. The number of nitrogens with one attached hydrogen (secondary N) is 1. The van der Waals surface area contributed by atoms with Gasteiger partial charge < -0.3 is 15.0 Å². The van der Waals surface area contributed by atoms with Crippen molar-refractivity contribution in [2.24, 2.45) is 0 Å². The summed E-state index contributed by atoms with van der Waals surface area (Å²) in [6, 6.07) is 13.2. The fourth-order valence-electron chi connectivity index (χ4n) is 3.34. The monoisotopic (exact) mass is 378 g/mol. The predicted molar refractivity (Wildman–Crippen MR) is 112 cm³/mol. The highest BCUT2D eigenvalue weighted by Gasteiger charge is 2.28. The average molecular weight is 378 g/mol. The topological polar surface area (TPSA) is 58.6 Å². The van der Waals surface area contributed by atoms with E-state index in [0.717, 1.165) is 24.1 Å². The summed E-state index contributed by atoms with van der Waals surface area (Å²) in [6.07, 6.45) is 2.84. The molecule has 0 unspecified atom stereocenters. The van der Waals surface area contributed by atoms with Crippen LogP contribution in [0.2, 0.25) is 0 Å². The van der Waals surface area contributed by atoms with Crippen LogP contribution in [0.1, 0.15) is 34.3 Å². The fraction of sp³-hybridized carbons (Fsp3) is 0.304. The van der Waals surface area contributed by atoms with Gasteiger partial charge in [0, 0.05) is 36.2 Å². The van der Waals surface area contributed by atoms with E-state index in [1.54, 1.807) is 24.3 Å². The number of benzene rings is 2. The fourth-order valence-corrected chi connectivity index (χ4v) is 3.34. The lowest BCUT2D eigenvalue weighted by molar-refractivity contribution is -0.111. The Bertz CT molecular complexity index is 868. The summed E-state index contributed by atoms with van der Waals surface area (Å²) in [5.74, 6) is -0.324. The van der Waals surface area contributed by atoms with Gasteiger partial charge in [-0.1, -0.05) is 12.6 Å². The number of ether oxygens (including phenoxy) is 1. The van der Waals surface area contributed by atoms with E-state index in [0.29, 0.717) is 24.5 Å². The first-order valence-electron chi connectivity index (χ1n) is 9.51. The van der Waals surface area contributed by atoms with Crippen molar-refractivity contribution < 1.29 is 14.3 Å². The first kappa shape index (κ1) is 19.8. The molecule has 1 heterocycles. The Morgan fingerprint density at radius 3 is 2.36 bits per heavy atom. The van der Waals surface area contributed by atoms with E-state index in [1.165, 1.54) is 11.6 Å². The van der Waals surface area contributed by atoms with Gasteiger partial charge in [0.25, 0.3) is 5.91 Å². The van der Waals surface area contributed by atoms with Gasteiger partial charge in [-0.05, 0) is 80.3 Å². The second-order valence-corrected chi connectivity index (χ2v) is 7.06. The molecule has 0 radical (unpaired) electrons. The molecule has 1 saturated heterocycles. The van der Waals surface area contributed by atoms with Gasteiger partial charge in [0.15, 0.2) is 0 Å². The van der Waals surface area contributed by atoms with Gasteiger partial charge in [-0.25, -0.2) is 0 Å². The van der Waals surface area contributed by atoms with Crippen molar-refractivity contribution in [3.8, 4) is 0 Å². The number of hydrogen-bond donors (Lipinski definition) is 1. The molecule has 2 amide bonds. The minimum atomic E-state index is -0.280. The normalized spacial score (nSPS) is 14.4. The Morgan fingerprint density at radius 1 is 1.07 bits per heavy atom. The molecular weight excluding hydrogens is 352 g/mol. The quantitative estimate of drug-likeness (QED) is 0.791. The zero-order valence-electron chi connectivity index (χ0n) is 16.4. The van der Waals surface area contributed by atoms with Crippen molar-refractivity contribution in [3.63, 3.8) is 0 Å². The largest absolute Gasteiger partial charge is 0.381 e. The van der Waals surface area contributed by atoms with Gasteiger partial charge in [-0.2, -0.15) is 0 Å². The Morgan fingerprint density at radius 2 is 1.75 bits per heavy atom. The first-order valence-corrected chi connectivity index (χ1v) is 9.51. The molecule has 5 nitrogen and oxygen atoms in total. The third-order valence-electron chi connectivity index (χ3n) is 5.13. The van der Waals surface area contributed by atoms with Crippen LogP contribution >= 0.6 is 0 Å². The maximum Gasteiger partial charge on any atom is 0.258 e. The minimum absolute atomic E-state index is 0.0447. The molecule has 0 saturated carbocycles. The standard InChI is InChI=1S/C23H26N2O3/c1-4-22(26)24-19-8-6-18(7-9-19)23(27)25(20-11-13-28-14-12-20)21-10-5-16(2)17(3)15-21/h4-10,15,20H,1,11-14H2,2-3H3,(H,24,26). The van der Waals surface area contributed by atoms with Crippen molar-refractivity contribution in [2.45, 2.75) is 32.7 Å². The van der Waals surface area contributed by atoms with Crippen molar-refractivity contribution in [2.75, 3.05) is 23.4 Å². The Balaban J connectivity index is 1.90. The van der Waals surface area contributed by atoms with Crippen LogP contribution in [0.15, 0.2) is 55.1 Å². The summed E-state index contributed by atoms with van der Waals surface area (Å²) >= 11 is 0. The highest BCUT2D eigenvalue weighted by atomic mass is 16.5. The van der Waals surface area contributed by atoms with Crippen molar-refractivity contribution >= 4 is 23.2 Å². The molecule has 3 rings (SSSR count). The Labute approximate surface area is 166 Å². The molecule has 146 valence electrons. The van der Waals surface area contributed by atoms with Crippen LogP contribution in [-0.2, 0) is 9.53 Å². The van der Waals surface area contributed by atoms with Crippen LogP contribution in [0.3, 0.4) is 0 Å². The molecule has 2 aromatic carbocycles. The number of amides is 2. The van der Waals surface area contributed by atoms with E-state index in [2.05, 4.69) is 37.9 Å². The summed E-state index contributed by atoms with van der Waals surface area (Å²) in [5, 5.41) is 2.70. The molecule has 1 N–H and O–H groups in total. The summed E-state index contributed by atoms with van der Waals surface area (Å²) in [7, 11) is 0. The number of carbonyl (C=O) groups excluding carboxylic acids is 2. The van der Waals surface area contributed by atoms with Gasteiger partial charge in [0.05, 0.1) is 0 Å². The van der Waals surface area contributed by atoms with E-state index < -0.39 is 0 Å². The lowest BCUT2D eigenvalue weighted by Crippen LogP contribution is -2.43. The van der Waals surface area contributed by atoms with Crippen molar-refractivity contribution in [1.82, 2.24) is 0 Å². The van der Waals surface area contributed by atoms with E-state index in [9.17, 15) is 9.59 Å². The number of aryl methyl sites for hydroxylation is 2. The van der Waals surface area contributed by atoms with E-state index in [1.807, 2.05) is 11.0 Å². The molecular formula is C23H26N2O3. The maximum atomic E-state index is 13.4. The third kappa shape index (κ3) is 4.49. The van der Waals surface area contributed by atoms with Crippen LogP contribution in [0, 0.1) is 13.8 Å². The van der Waals surface area contributed by atoms with Crippen molar-refractivity contribution in [1.29, 1.82) is 0 Å². The second-order valence-electron chi connectivity index (χ2n) is 7.06. The van der Waals surface area contributed by atoms with Crippen LogP contribution in [-0.4, -0.2) is 31.1 Å². The molecule has 28 heavy (non-hydrogen) atoms. The maximum absolute atomic E-state index is 13.4. The van der Waals surface area contributed by atoms with Gasteiger partial charge >= 0.3 is 0 Å².